The predicted molar refractivity (Wildman–Crippen MR) is 215 cm³/mol. The van der Waals surface area contributed by atoms with Gasteiger partial charge in [-0.05, 0) is 102 Å². The second-order valence-electron chi connectivity index (χ2n) is 13.3. The van der Waals surface area contributed by atoms with Gasteiger partial charge in [-0.2, -0.15) is 0 Å². The number of nitrogens with zero attached hydrogens (tertiary/aromatic N) is 2. The Morgan fingerprint density at radius 1 is 0.346 bits per heavy atom. The van der Waals surface area contributed by atoms with Gasteiger partial charge in [0.2, 0.25) is 0 Å². The monoisotopic (exact) mass is 666 g/mol. The minimum atomic E-state index is -0.230. The molecule has 0 atom stereocenters. The van der Waals surface area contributed by atoms with E-state index in [-0.39, 0.29) is 5.82 Å². The number of para-hydroxylation sites is 1. The number of hydrogen-bond donors (Lipinski definition) is 0. The Balaban J connectivity index is 0.976. The maximum Gasteiger partial charge on any atom is 0.123 e. The first-order valence-electron chi connectivity index (χ1n) is 17.6. The second-order valence-corrected chi connectivity index (χ2v) is 13.3. The van der Waals surface area contributed by atoms with Gasteiger partial charge in [0.25, 0.3) is 0 Å². The quantitative estimate of drug-likeness (QED) is 0.167. The van der Waals surface area contributed by atoms with Gasteiger partial charge in [-0.15, -0.1) is 0 Å². The SMILES string of the molecule is Fc1ccc(-c2c3ccccc3c(-c3ccc(-c4ccc(-c5ccc(-n6c7ccccc7c7cnccc76)cc5)cc4)cc3)c3ccccc23)cc1. The van der Waals surface area contributed by atoms with Crippen molar-refractivity contribution >= 4 is 43.4 Å². The lowest BCUT2D eigenvalue weighted by atomic mass is 9.85. The highest BCUT2D eigenvalue weighted by molar-refractivity contribution is 6.21. The first kappa shape index (κ1) is 30.0. The summed E-state index contributed by atoms with van der Waals surface area (Å²) >= 11 is 0. The molecule has 244 valence electrons. The van der Waals surface area contributed by atoms with Gasteiger partial charge in [-0.1, -0.05) is 140 Å². The van der Waals surface area contributed by atoms with E-state index in [2.05, 4.69) is 161 Å². The molecule has 8 aromatic carbocycles. The Labute approximate surface area is 300 Å². The van der Waals surface area contributed by atoms with E-state index in [1.165, 1.54) is 49.5 Å². The third-order valence-corrected chi connectivity index (χ3v) is 10.4. The summed E-state index contributed by atoms with van der Waals surface area (Å²) < 4.78 is 16.2. The van der Waals surface area contributed by atoms with Crippen LogP contribution >= 0.6 is 0 Å². The summed E-state index contributed by atoms with van der Waals surface area (Å²) in [6.07, 6.45) is 3.81. The zero-order valence-corrected chi connectivity index (χ0v) is 28.2. The smallest absolute Gasteiger partial charge is 0.123 e. The van der Waals surface area contributed by atoms with E-state index in [0.29, 0.717) is 0 Å². The zero-order chi connectivity index (χ0) is 34.6. The number of benzene rings is 8. The highest BCUT2D eigenvalue weighted by Gasteiger charge is 2.17. The lowest BCUT2D eigenvalue weighted by Gasteiger charge is -2.18. The lowest BCUT2D eigenvalue weighted by Crippen LogP contribution is -1.93. The fourth-order valence-electron chi connectivity index (χ4n) is 7.95. The minimum absolute atomic E-state index is 0.230. The van der Waals surface area contributed by atoms with Gasteiger partial charge >= 0.3 is 0 Å². The Bertz CT molecular complexity index is 2810. The molecule has 10 aromatic rings. The molecule has 0 aliphatic carbocycles. The van der Waals surface area contributed by atoms with Crippen molar-refractivity contribution in [2.75, 3.05) is 0 Å². The standard InChI is InChI=1S/C49H31FN2/c50-38-25-21-37(22-26-38)49-43-10-3-1-8-41(43)48(42-9-2-4-11-44(42)49)36-19-17-34(18-20-36)32-13-15-33(16-14-32)35-23-27-39(28-24-35)52-46-12-6-5-7-40(46)45-31-51-30-29-47(45)52/h1-31H. The molecule has 2 heterocycles. The molecule has 2 nitrogen and oxygen atoms in total. The van der Waals surface area contributed by atoms with Crippen LogP contribution in [0.15, 0.2) is 188 Å². The maximum atomic E-state index is 13.9. The van der Waals surface area contributed by atoms with E-state index in [0.717, 1.165) is 44.1 Å². The Morgan fingerprint density at radius 2 is 0.731 bits per heavy atom. The molecule has 0 unspecified atom stereocenters. The van der Waals surface area contributed by atoms with Crippen molar-refractivity contribution in [1.29, 1.82) is 0 Å². The molecule has 0 fully saturated rings. The summed E-state index contributed by atoms with van der Waals surface area (Å²) in [6.45, 7) is 0. The van der Waals surface area contributed by atoms with Crippen molar-refractivity contribution in [2.45, 2.75) is 0 Å². The number of hydrogen-bond acceptors (Lipinski definition) is 1. The molecule has 0 spiro atoms. The fraction of sp³-hybridized carbons (Fsp3) is 0. The van der Waals surface area contributed by atoms with Gasteiger partial charge in [0.05, 0.1) is 11.0 Å². The average Bonchev–Trinajstić information content (AvgIpc) is 3.55. The van der Waals surface area contributed by atoms with E-state index < -0.39 is 0 Å². The first-order valence-corrected chi connectivity index (χ1v) is 17.6. The number of pyridine rings is 1. The summed E-state index contributed by atoms with van der Waals surface area (Å²) in [6, 6.07) is 61.1. The van der Waals surface area contributed by atoms with Gasteiger partial charge in [-0.3, -0.25) is 4.98 Å². The summed E-state index contributed by atoms with van der Waals surface area (Å²) in [5.41, 5.74) is 12.7. The average molecular weight is 667 g/mol. The van der Waals surface area contributed by atoms with E-state index >= 15 is 0 Å². The summed E-state index contributed by atoms with van der Waals surface area (Å²) in [4.78, 5) is 4.38. The fourth-order valence-corrected chi connectivity index (χ4v) is 7.95. The van der Waals surface area contributed by atoms with Crippen molar-refractivity contribution < 1.29 is 4.39 Å². The molecule has 0 aliphatic rings. The molecular formula is C49H31FN2. The van der Waals surface area contributed by atoms with Crippen molar-refractivity contribution in [2.24, 2.45) is 0 Å². The van der Waals surface area contributed by atoms with Crippen LogP contribution in [-0.4, -0.2) is 9.55 Å². The summed E-state index contributed by atoms with van der Waals surface area (Å²) in [5.74, 6) is -0.230. The number of halogens is 1. The molecule has 0 saturated carbocycles. The topological polar surface area (TPSA) is 17.8 Å². The molecule has 0 saturated heterocycles. The Hall–Kier alpha value is -6.84. The van der Waals surface area contributed by atoms with Crippen LogP contribution in [0.25, 0.3) is 93.5 Å². The molecule has 0 amide bonds. The molecular weight excluding hydrogens is 636 g/mol. The van der Waals surface area contributed by atoms with Gasteiger partial charge in [0.15, 0.2) is 0 Å². The summed E-state index contributed by atoms with van der Waals surface area (Å²) in [7, 11) is 0. The molecule has 0 bridgehead atoms. The maximum absolute atomic E-state index is 13.9. The highest BCUT2D eigenvalue weighted by Crippen LogP contribution is 2.44. The van der Waals surface area contributed by atoms with Crippen molar-refractivity contribution in [1.82, 2.24) is 9.55 Å². The number of fused-ring (bicyclic) bond motifs is 5. The van der Waals surface area contributed by atoms with Crippen LogP contribution in [0.2, 0.25) is 0 Å². The van der Waals surface area contributed by atoms with Gasteiger partial charge in [-0.25, -0.2) is 4.39 Å². The van der Waals surface area contributed by atoms with Crippen molar-refractivity contribution in [3.8, 4) is 50.2 Å². The van der Waals surface area contributed by atoms with E-state index in [1.54, 1.807) is 12.1 Å². The van der Waals surface area contributed by atoms with Crippen LogP contribution in [-0.2, 0) is 0 Å². The van der Waals surface area contributed by atoms with Crippen molar-refractivity contribution in [3.05, 3.63) is 194 Å². The van der Waals surface area contributed by atoms with Gasteiger partial charge in [0, 0.05) is 28.9 Å². The lowest BCUT2D eigenvalue weighted by molar-refractivity contribution is 0.628. The van der Waals surface area contributed by atoms with E-state index in [1.807, 2.05) is 24.5 Å². The van der Waals surface area contributed by atoms with Crippen LogP contribution < -0.4 is 0 Å². The highest BCUT2D eigenvalue weighted by atomic mass is 19.1. The largest absolute Gasteiger partial charge is 0.309 e. The second kappa shape index (κ2) is 12.2. The predicted octanol–water partition coefficient (Wildman–Crippen LogP) is 13.3. The number of rotatable bonds is 5. The molecule has 0 aliphatic heterocycles. The Kier molecular flexibility index (Phi) is 7.04. The van der Waals surface area contributed by atoms with Gasteiger partial charge in [0.1, 0.15) is 5.82 Å². The summed E-state index contributed by atoms with van der Waals surface area (Å²) in [5, 5.41) is 7.04. The molecule has 0 N–H and O–H groups in total. The van der Waals surface area contributed by atoms with Crippen LogP contribution in [0, 0.1) is 5.82 Å². The molecule has 52 heavy (non-hydrogen) atoms. The third-order valence-electron chi connectivity index (χ3n) is 10.4. The molecule has 0 radical (unpaired) electrons. The first-order chi connectivity index (χ1) is 25.7. The van der Waals surface area contributed by atoms with Gasteiger partial charge < -0.3 is 4.57 Å². The van der Waals surface area contributed by atoms with E-state index in [4.69, 9.17) is 0 Å². The van der Waals surface area contributed by atoms with Crippen molar-refractivity contribution in [3.63, 3.8) is 0 Å². The van der Waals surface area contributed by atoms with Crippen LogP contribution in [0.3, 0.4) is 0 Å². The van der Waals surface area contributed by atoms with Crippen LogP contribution in [0.1, 0.15) is 0 Å². The Morgan fingerprint density at radius 3 is 1.23 bits per heavy atom. The molecule has 2 aromatic heterocycles. The number of aromatic nitrogens is 2. The molecule has 10 rings (SSSR count). The molecule has 3 heteroatoms. The van der Waals surface area contributed by atoms with Crippen LogP contribution in [0.5, 0.6) is 0 Å². The third kappa shape index (κ3) is 4.90. The normalized spacial score (nSPS) is 11.6. The van der Waals surface area contributed by atoms with Crippen LogP contribution in [0.4, 0.5) is 4.39 Å². The zero-order valence-electron chi connectivity index (χ0n) is 28.2. The van der Waals surface area contributed by atoms with E-state index in [9.17, 15) is 4.39 Å². The minimum Gasteiger partial charge on any atom is -0.309 e.